The summed E-state index contributed by atoms with van der Waals surface area (Å²) in [5.41, 5.74) is 56.1. The topological polar surface area (TPSA) is 114 Å². The van der Waals surface area contributed by atoms with Gasteiger partial charge in [0, 0.05) is 132 Å². The molecule has 0 atom stereocenters. The Hall–Kier alpha value is -15.0. The molecule has 688 valence electrons. The second-order valence-electron chi connectivity index (χ2n) is 40.0. The summed E-state index contributed by atoms with van der Waals surface area (Å²) < 4.78 is 13.2. The molecule has 10 aromatic heterocycles. The van der Waals surface area contributed by atoms with Gasteiger partial charge < -0.3 is 0 Å². The van der Waals surface area contributed by atoms with Crippen molar-refractivity contribution in [2.24, 2.45) is 48.2 Å². The zero-order chi connectivity index (χ0) is 96.1. The lowest BCUT2D eigenvalue weighted by atomic mass is 9.90. The van der Waals surface area contributed by atoms with Gasteiger partial charge in [-0.3, -0.25) is 19.9 Å². The van der Waals surface area contributed by atoms with Crippen LogP contribution < -0.4 is 27.4 Å². The number of fused-ring (bicyclic) bond motifs is 18. The highest BCUT2D eigenvalue weighted by Crippen LogP contribution is 2.47. The van der Waals surface area contributed by atoms with Gasteiger partial charge in [-0.25, -0.2) is 27.4 Å². The number of hydrogen-bond donors (Lipinski definition) is 0. The molecule has 7 aliphatic carbocycles. The second kappa shape index (κ2) is 38.9. The Balaban J connectivity index is 0.000000103. The molecule has 0 radical (unpaired) electrons. The number of aryl methyl sites for hydroxylation is 13. The van der Waals surface area contributed by atoms with Crippen LogP contribution in [0.3, 0.4) is 0 Å². The van der Waals surface area contributed by atoms with Crippen LogP contribution in [0, 0.1) is 54.4 Å². The fourth-order valence-electron chi connectivity index (χ4n) is 22.3. The number of pyridine rings is 7. The standard InChI is InChI=1S/C24H25N2.C22H24N3.C22H23N2.C20H19N2.2C19H17N2/c1-16-8-3-6-11-18(16)24-25-23-14-21-19(17-9-4-5-10-17)12-7-13-20(21)22(23)15-26(24)2;1-14(2)9-16-11-23-12-19-18(16)10-21-20(19)13-25(4)22(24-21)17-8-6-5-7-15(17)3;1-14(2)16-10-7-11-18-19(16)12-21-20(18)13-24(4)22(23-21)17-9-6-5-8-15(17)3;1-13-6-4-5-7-16(13)20-11-15-10-19-17(9-8-14(2)21-19)18(15)12-22(20)3;1-13-6-3-4-7-15(13)19-11-14-10-18-16(8-5-9-20-18)17(14)12-21(19)2;1-13-5-3-4-6-16(13)19-10-14-9-15-11-20-8-7-17(15)18(14)12-21(19)2/h3,6-8,11-13,15,17H,4-5,9-10,14H2,1-2H3;5-8,11-14H,9-10H2,1-4H3;5-11,13-14H,12H2,1-4H3;4-9,11-12H,10H2,1-3H3;3-9,11-12H,10H2,1-2H3;3-8,10-12H,9H2,1-2H3/q6*+1. The maximum Gasteiger partial charge on any atom is 0.330 e. The minimum Gasteiger partial charge on any atom is -0.264 e. The fourth-order valence-corrected chi connectivity index (χ4v) is 22.3. The third-order valence-corrected chi connectivity index (χ3v) is 29.5. The fraction of sp³-hybridized carbons (Fsp3) is 0.246. The molecule has 25 rings (SSSR count). The number of hydrogen-bond acceptors (Lipinski definition) is 7. The summed E-state index contributed by atoms with van der Waals surface area (Å²) in [6, 6.07) is 82.3. The van der Waals surface area contributed by atoms with E-state index < -0.39 is 0 Å². The highest BCUT2D eigenvalue weighted by molar-refractivity contribution is 5.83. The van der Waals surface area contributed by atoms with Gasteiger partial charge in [0.1, 0.15) is 39.7 Å². The van der Waals surface area contributed by atoms with E-state index in [0.717, 1.165) is 74.0 Å². The lowest BCUT2D eigenvalue weighted by molar-refractivity contribution is -0.662. The van der Waals surface area contributed by atoms with Crippen molar-refractivity contribution in [2.75, 3.05) is 0 Å². The first-order valence-corrected chi connectivity index (χ1v) is 49.6. The first-order valence-electron chi connectivity index (χ1n) is 49.6. The molecule has 0 unspecified atom stereocenters. The molecule has 18 aromatic rings. The average molecular weight is 1820 g/mol. The molecule has 139 heavy (non-hydrogen) atoms. The SMILES string of the molecule is Cc1ccc2c(n1)Cc1cc(-c3ccccc3C)[n+](C)cc1-2.Cc1ccccc1-c1cc2c(c[n+]1C)-c1cccnc1C2.Cc1ccccc1-c1cc2c(c[n+]1C)-c1ccncc1C2.Cc1ccccc1-c1nc2c(c[n+]1C)-c1cccc(C(C)C)c1C2.Cc1ccccc1-c1nc2c(c[n+]1C)-c1cccc(C3CCCC3)c1C2.Cc1ccccc1-c1nc2c(c[n+]1C)-c1cncc(CC(C)C)c1C2. The molecule has 1 saturated carbocycles. The number of nitrogens with zero attached hydrogens (tertiary/aromatic N) is 13. The van der Waals surface area contributed by atoms with Gasteiger partial charge in [0.15, 0.2) is 35.7 Å². The van der Waals surface area contributed by atoms with Crippen molar-refractivity contribution >= 4 is 0 Å². The molecular formula is C126H125N13+6. The van der Waals surface area contributed by atoms with E-state index in [2.05, 4.69) is 422 Å². The van der Waals surface area contributed by atoms with E-state index in [4.69, 9.17) is 19.9 Å². The molecule has 10 heterocycles. The Morgan fingerprint density at radius 3 is 1.17 bits per heavy atom. The van der Waals surface area contributed by atoms with Gasteiger partial charge in [-0.15, -0.1) is 0 Å². The highest BCUT2D eigenvalue weighted by Gasteiger charge is 2.37. The predicted molar refractivity (Wildman–Crippen MR) is 559 cm³/mol. The Morgan fingerprint density at radius 2 is 0.683 bits per heavy atom. The Bertz CT molecular complexity index is 7720. The quantitative estimate of drug-likeness (QED) is 0.125. The summed E-state index contributed by atoms with van der Waals surface area (Å²) in [7, 11) is 12.7. The normalized spacial score (nSPS) is 12.9. The molecule has 0 saturated heterocycles. The van der Waals surface area contributed by atoms with Crippen molar-refractivity contribution < 1.29 is 27.4 Å². The van der Waals surface area contributed by atoms with E-state index in [0.29, 0.717) is 11.8 Å². The minimum absolute atomic E-state index is 0.541. The zero-order valence-electron chi connectivity index (χ0n) is 83.6. The summed E-state index contributed by atoms with van der Waals surface area (Å²) in [4.78, 5) is 33.2. The van der Waals surface area contributed by atoms with E-state index in [1.807, 2.05) is 37.1 Å². The van der Waals surface area contributed by atoms with Crippen LogP contribution in [-0.4, -0.2) is 34.9 Å². The summed E-state index contributed by atoms with van der Waals surface area (Å²) in [6.45, 7) is 24.1. The highest BCUT2D eigenvalue weighted by atomic mass is 15.0. The van der Waals surface area contributed by atoms with E-state index in [1.165, 1.54) is 255 Å². The van der Waals surface area contributed by atoms with Gasteiger partial charge in [-0.1, -0.05) is 198 Å². The van der Waals surface area contributed by atoms with E-state index in [9.17, 15) is 0 Å². The molecule has 0 amide bonds. The van der Waals surface area contributed by atoms with Crippen LogP contribution in [0.1, 0.15) is 188 Å². The first kappa shape index (κ1) is 91.8. The monoisotopic (exact) mass is 1820 g/mol. The van der Waals surface area contributed by atoms with Crippen molar-refractivity contribution in [1.29, 1.82) is 0 Å². The molecule has 7 aliphatic rings. The van der Waals surface area contributed by atoms with Crippen LogP contribution >= 0.6 is 0 Å². The zero-order valence-corrected chi connectivity index (χ0v) is 83.6. The lowest BCUT2D eigenvalue weighted by Crippen LogP contribution is -2.33. The largest absolute Gasteiger partial charge is 0.330 e. The smallest absolute Gasteiger partial charge is 0.264 e. The van der Waals surface area contributed by atoms with Crippen molar-refractivity contribution in [3.8, 4) is 135 Å². The predicted octanol–water partition coefficient (Wildman–Crippen LogP) is 24.4. The van der Waals surface area contributed by atoms with Crippen molar-refractivity contribution in [1.82, 2.24) is 34.9 Å². The first-order chi connectivity index (χ1) is 67.4. The van der Waals surface area contributed by atoms with Crippen LogP contribution in [0.4, 0.5) is 0 Å². The van der Waals surface area contributed by atoms with Gasteiger partial charge in [-0.05, 0) is 261 Å². The molecule has 8 aromatic carbocycles. The molecular weight excluding hydrogens is 1700 g/mol. The molecule has 13 heteroatoms. The minimum atomic E-state index is 0.541. The van der Waals surface area contributed by atoms with Crippen LogP contribution in [0.2, 0.25) is 0 Å². The Morgan fingerprint density at radius 1 is 0.288 bits per heavy atom. The molecule has 13 nitrogen and oxygen atoms in total. The van der Waals surface area contributed by atoms with Gasteiger partial charge in [0.25, 0.3) is 0 Å². The third-order valence-electron chi connectivity index (χ3n) is 29.5. The van der Waals surface area contributed by atoms with E-state index in [1.54, 1.807) is 5.56 Å². The molecule has 0 N–H and O–H groups in total. The van der Waals surface area contributed by atoms with Crippen LogP contribution in [0.5, 0.6) is 0 Å². The second-order valence-corrected chi connectivity index (χ2v) is 40.0. The summed E-state index contributed by atoms with van der Waals surface area (Å²) in [5, 5.41) is 0. The maximum atomic E-state index is 5.13. The summed E-state index contributed by atoms with van der Waals surface area (Å²) in [5.74, 6) is 5.07. The van der Waals surface area contributed by atoms with Crippen molar-refractivity contribution in [3.63, 3.8) is 0 Å². The van der Waals surface area contributed by atoms with Crippen molar-refractivity contribution in [3.05, 3.63) is 422 Å². The van der Waals surface area contributed by atoms with Gasteiger partial charge in [0.2, 0.25) is 17.1 Å². The molecule has 1 fully saturated rings. The van der Waals surface area contributed by atoms with Gasteiger partial charge in [-0.2, -0.15) is 0 Å². The Kier molecular flexibility index (Phi) is 25.7. The molecule has 0 aliphatic heterocycles. The Labute approximate surface area is 820 Å². The van der Waals surface area contributed by atoms with Crippen molar-refractivity contribution in [2.45, 2.75) is 159 Å². The van der Waals surface area contributed by atoms with Crippen LogP contribution in [0.25, 0.3) is 135 Å². The van der Waals surface area contributed by atoms with Gasteiger partial charge >= 0.3 is 17.5 Å². The van der Waals surface area contributed by atoms with Gasteiger partial charge in [0.05, 0.1) is 77.0 Å². The van der Waals surface area contributed by atoms with Crippen LogP contribution in [-0.2, 0) is 87.2 Å². The third kappa shape index (κ3) is 18.2. The van der Waals surface area contributed by atoms with E-state index >= 15 is 0 Å². The van der Waals surface area contributed by atoms with E-state index in [-0.39, 0.29) is 0 Å². The number of rotatable bonds is 10. The lowest BCUT2D eigenvalue weighted by Gasteiger charge is -2.14. The molecule has 0 spiro atoms. The number of benzene rings is 8. The summed E-state index contributed by atoms with van der Waals surface area (Å²) >= 11 is 0. The summed E-state index contributed by atoms with van der Waals surface area (Å²) in [6.07, 6.45) is 35.5. The number of aromatic nitrogens is 13. The van der Waals surface area contributed by atoms with Crippen LogP contribution in [0.15, 0.2) is 299 Å². The maximum absolute atomic E-state index is 5.13. The molecule has 0 bridgehead atoms. The average Bonchev–Trinajstić information content (AvgIpc) is 1.75.